The zero-order valence-corrected chi connectivity index (χ0v) is 16.6. The molecule has 3 aromatic rings. The molecule has 1 aliphatic heterocycles. The van der Waals surface area contributed by atoms with E-state index in [1.807, 2.05) is 0 Å². The third kappa shape index (κ3) is 3.98. The highest BCUT2D eigenvalue weighted by Crippen LogP contribution is 2.36. The Morgan fingerprint density at radius 1 is 1.03 bits per heavy atom. The summed E-state index contributed by atoms with van der Waals surface area (Å²) in [5, 5.41) is 4.51. The molecule has 4 N–H and O–H groups in total. The molecule has 7 nitrogen and oxygen atoms in total. The minimum Gasteiger partial charge on any atom is -0.365 e. The number of fused-ring (bicyclic) bond motifs is 1. The topological polar surface area (TPSA) is 107 Å². The number of carbonyl (C=O) groups is 2. The van der Waals surface area contributed by atoms with Crippen molar-refractivity contribution in [2.45, 2.75) is 25.4 Å². The molecule has 4 rings (SSSR count). The molecule has 2 aromatic carbocycles. The van der Waals surface area contributed by atoms with E-state index in [2.05, 4.69) is 5.10 Å². The van der Waals surface area contributed by atoms with E-state index < -0.39 is 23.8 Å². The van der Waals surface area contributed by atoms with E-state index in [1.54, 1.807) is 22.9 Å². The number of nitrogens with two attached hydrogens (primary N) is 2. The van der Waals surface area contributed by atoms with Gasteiger partial charge in [-0.25, -0.2) is 13.6 Å². The maximum atomic E-state index is 13.8. The molecule has 31 heavy (non-hydrogen) atoms. The quantitative estimate of drug-likeness (QED) is 0.656. The average Bonchev–Trinajstić information content (AvgIpc) is 3.13. The normalized spacial score (nSPS) is 15.5. The van der Waals surface area contributed by atoms with Gasteiger partial charge in [-0.15, -0.1) is 0 Å². The van der Waals surface area contributed by atoms with Crippen molar-refractivity contribution >= 4 is 11.9 Å². The van der Waals surface area contributed by atoms with E-state index in [0.29, 0.717) is 37.2 Å². The summed E-state index contributed by atoms with van der Waals surface area (Å²) in [6, 6.07) is 10.6. The Labute approximate surface area is 177 Å². The standard InChI is InChI=1S/C22H21F2N5O2/c23-15-7-4-13(5-8-15)6-9-17-20-18(21(25)30)19(14-2-1-3-16(24)12-14)27-29(20)11-10-28(17)22(26)31/h1-5,7-8,12,17H,6,9-11H2,(H2,25,30)(H2,26,31). The van der Waals surface area contributed by atoms with Crippen LogP contribution in [-0.4, -0.2) is 33.2 Å². The molecule has 2 heterocycles. The lowest BCUT2D eigenvalue weighted by Crippen LogP contribution is -2.45. The van der Waals surface area contributed by atoms with E-state index in [0.717, 1.165) is 5.56 Å². The summed E-state index contributed by atoms with van der Waals surface area (Å²) in [4.78, 5) is 26.1. The van der Waals surface area contributed by atoms with Crippen molar-refractivity contribution in [2.75, 3.05) is 6.54 Å². The number of rotatable bonds is 5. The summed E-state index contributed by atoms with van der Waals surface area (Å²) in [7, 11) is 0. The summed E-state index contributed by atoms with van der Waals surface area (Å²) in [6.07, 6.45) is 0.927. The van der Waals surface area contributed by atoms with E-state index in [1.165, 1.54) is 35.2 Å². The Morgan fingerprint density at radius 3 is 2.42 bits per heavy atom. The van der Waals surface area contributed by atoms with Crippen molar-refractivity contribution in [2.24, 2.45) is 11.5 Å². The molecule has 1 aliphatic rings. The first kappa shape index (κ1) is 20.5. The molecule has 0 radical (unpaired) electrons. The summed E-state index contributed by atoms with van der Waals surface area (Å²) in [6.45, 7) is 0.625. The number of nitrogens with zero attached hydrogens (tertiary/aromatic N) is 3. The van der Waals surface area contributed by atoms with Crippen molar-refractivity contribution in [3.8, 4) is 11.3 Å². The minimum atomic E-state index is -0.724. The highest BCUT2D eigenvalue weighted by Gasteiger charge is 2.36. The lowest BCUT2D eigenvalue weighted by atomic mass is 9.95. The van der Waals surface area contributed by atoms with Crippen molar-refractivity contribution in [3.05, 3.63) is 77.0 Å². The first-order chi connectivity index (χ1) is 14.8. The number of carbonyl (C=O) groups excluding carboxylic acids is 2. The third-order valence-electron chi connectivity index (χ3n) is 5.48. The first-order valence-corrected chi connectivity index (χ1v) is 9.82. The van der Waals surface area contributed by atoms with Gasteiger partial charge >= 0.3 is 6.03 Å². The lowest BCUT2D eigenvalue weighted by Gasteiger charge is -2.35. The second-order valence-electron chi connectivity index (χ2n) is 7.42. The number of halogens is 2. The summed E-state index contributed by atoms with van der Waals surface area (Å²) in [5.74, 6) is -1.53. The largest absolute Gasteiger partial charge is 0.365 e. The number of primary amides is 2. The van der Waals surface area contributed by atoms with Gasteiger partial charge in [0.25, 0.3) is 5.91 Å². The van der Waals surface area contributed by atoms with Gasteiger partial charge in [-0.3, -0.25) is 9.48 Å². The summed E-state index contributed by atoms with van der Waals surface area (Å²) >= 11 is 0. The SMILES string of the molecule is NC(=O)c1c(-c2cccc(F)c2)nn2c1C(CCc1ccc(F)cc1)N(C(N)=O)CC2. The lowest BCUT2D eigenvalue weighted by molar-refractivity contribution is 0.0993. The number of hydrogen-bond donors (Lipinski definition) is 2. The average molecular weight is 425 g/mol. The highest BCUT2D eigenvalue weighted by atomic mass is 19.1. The predicted molar refractivity (Wildman–Crippen MR) is 110 cm³/mol. The maximum absolute atomic E-state index is 13.8. The number of aromatic nitrogens is 2. The second kappa shape index (κ2) is 8.17. The van der Waals surface area contributed by atoms with E-state index in [4.69, 9.17) is 11.5 Å². The van der Waals surface area contributed by atoms with Crippen LogP contribution >= 0.6 is 0 Å². The molecule has 0 fully saturated rings. The molecule has 1 unspecified atom stereocenters. The Kier molecular flexibility index (Phi) is 5.41. The van der Waals surface area contributed by atoms with E-state index in [-0.39, 0.29) is 17.1 Å². The molecule has 3 amide bonds. The van der Waals surface area contributed by atoms with Gasteiger partial charge in [0.2, 0.25) is 0 Å². The Balaban J connectivity index is 1.78. The van der Waals surface area contributed by atoms with Crippen molar-refractivity contribution in [3.63, 3.8) is 0 Å². The molecule has 0 spiro atoms. The smallest absolute Gasteiger partial charge is 0.315 e. The van der Waals surface area contributed by atoms with Crippen LogP contribution in [-0.2, 0) is 13.0 Å². The maximum Gasteiger partial charge on any atom is 0.315 e. The van der Waals surface area contributed by atoms with Crippen LogP contribution in [0.25, 0.3) is 11.3 Å². The molecule has 160 valence electrons. The molecule has 0 saturated heterocycles. The van der Waals surface area contributed by atoms with Gasteiger partial charge in [-0.2, -0.15) is 5.10 Å². The van der Waals surface area contributed by atoms with Crippen LogP contribution < -0.4 is 11.5 Å². The van der Waals surface area contributed by atoms with Gasteiger partial charge < -0.3 is 16.4 Å². The fourth-order valence-corrected chi connectivity index (χ4v) is 4.08. The number of benzene rings is 2. The number of amides is 3. The zero-order chi connectivity index (χ0) is 22.1. The number of urea groups is 1. The van der Waals surface area contributed by atoms with Crippen LogP contribution in [0.2, 0.25) is 0 Å². The second-order valence-corrected chi connectivity index (χ2v) is 7.42. The van der Waals surface area contributed by atoms with Crippen molar-refractivity contribution < 1.29 is 18.4 Å². The van der Waals surface area contributed by atoms with Crippen LogP contribution in [0.5, 0.6) is 0 Å². The molecule has 0 saturated carbocycles. The predicted octanol–water partition coefficient (Wildman–Crippen LogP) is 3.00. The van der Waals surface area contributed by atoms with Crippen molar-refractivity contribution in [1.82, 2.24) is 14.7 Å². The monoisotopic (exact) mass is 425 g/mol. The van der Waals surface area contributed by atoms with Crippen LogP contribution in [0.1, 0.15) is 34.1 Å². The molecule has 1 aromatic heterocycles. The highest BCUT2D eigenvalue weighted by molar-refractivity contribution is 6.00. The van der Waals surface area contributed by atoms with Crippen LogP contribution in [0.3, 0.4) is 0 Å². The third-order valence-corrected chi connectivity index (χ3v) is 5.48. The molecule has 1 atom stereocenters. The van der Waals surface area contributed by atoms with Gasteiger partial charge in [0.15, 0.2) is 0 Å². The molecular formula is C22H21F2N5O2. The molecule has 0 aliphatic carbocycles. The molecule has 9 heteroatoms. The van der Waals surface area contributed by atoms with E-state index in [9.17, 15) is 18.4 Å². The number of hydrogen-bond acceptors (Lipinski definition) is 3. The fraction of sp³-hybridized carbons (Fsp3) is 0.227. The van der Waals surface area contributed by atoms with E-state index >= 15 is 0 Å². The summed E-state index contributed by atoms with van der Waals surface area (Å²) in [5.41, 5.74) is 13.5. The Hall–Kier alpha value is -3.75. The van der Waals surface area contributed by atoms with Crippen LogP contribution in [0.4, 0.5) is 13.6 Å². The van der Waals surface area contributed by atoms with Gasteiger partial charge in [0.1, 0.15) is 17.3 Å². The Morgan fingerprint density at radius 2 is 1.77 bits per heavy atom. The number of aryl methyl sites for hydroxylation is 1. The van der Waals surface area contributed by atoms with Crippen LogP contribution in [0.15, 0.2) is 48.5 Å². The molecular weight excluding hydrogens is 404 g/mol. The summed E-state index contributed by atoms with van der Waals surface area (Å²) < 4.78 is 28.7. The molecule has 0 bridgehead atoms. The van der Waals surface area contributed by atoms with Gasteiger partial charge in [0.05, 0.1) is 23.8 Å². The van der Waals surface area contributed by atoms with Gasteiger partial charge in [0, 0.05) is 12.1 Å². The van der Waals surface area contributed by atoms with Crippen LogP contribution in [0, 0.1) is 11.6 Å². The first-order valence-electron chi connectivity index (χ1n) is 9.82. The minimum absolute atomic E-state index is 0.139. The Bertz CT molecular complexity index is 1140. The van der Waals surface area contributed by atoms with Gasteiger partial charge in [-0.1, -0.05) is 24.3 Å². The van der Waals surface area contributed by atoms with Gasteiger partial charge in [-0.05, 0) is 42.7 Å². The fourth-order valence-electron chi connectivity index (χ4n) is 4.08. The van der Waals surface area contributed by atoms with Crippen molar-refractivity contribution in [1.29, 1.82) is 0 Å². The zero-order valence-electron chi connectivity index (χ0n) is 16.6.